The standard InChI is InChI=1S/C12H11F2NO2/c1-3-17-12(16)10-5-8(6-15)7(2)4-9(10)11(13)14/h4-5,11H,3H2,1-2H3. The Labute approximate surface area is 97.6 Å². The van der Waals surface area contributed by atoms with E-state index in [0.29, 0.717) is 5.56 Å². The number of rotatable bonds is 3. The maximum absolute atomic E-state index is 12.8. The fraction of sp³-hybridized carbons (Fsp3) is 0.333. The molecule has 1 aromatic carbocycles. The third-order valence-electron chi connectivity index (χ3n) is 2.25. The van der Waals surface area contributed by atoms with Crippen molar-refractivity contribution < 1.29 is 18.3 Å². The highest BCUT2D eigenvalue weighted by Crippen LogP contribution is 2.26. The lowest BCUT2D eigenvalue weighted by Gasteiger charge is -2.10. The van der Waals surface area contributed by atoms with Crippen molar-refractivity contribution in [2.75, 3.05) is 6.61 Å². The Balaban J connectivity index is 3.35. The second-order valence-corrected chi connectivity index (χ2v) is 3.39. The largest absolute Gasteiger partial charge is 0.462 e. The third kappa shape index (κ3) is 2.78. The van der Waals surface area contributed by atoms with Crippen molar-refractivity contribution in [2.24, 2.45) is 0 Å². The molecule has 0 saturated carbocycles. The van der Waals surface area contributed by atoms with Gasteiger partial charge in [-0.1, -0.05) is 0 Å². The molecule has 0 aliphatic rings. The fourth-order valence-electron chi connectivity index (χ4n) is 1.42. The van der Waals surface area contributed by atoms with Crippen LogP contribution < -0.4 is 0 Å². The highest BCUT2D eigenvalue weighted by molar-refractivity contribution is 5.91. The van der Waals surface area contributed by atoms with Gasteiger partial charge in [0.1, 0.15) is 0 Å². The van der Waals surface area contributed by atoms with Crippen molar-refractivity contribution in [1.29, 1.82) is 5.26 Å². The number of aryl methyl sites for hydroxylation is 1. The molecule has 0 saturated heterocycles. The number of carbonyl (C=O) groups excluding carboxylic acids is 1. The molecule has 1 aromatic rings. The molecule has 0 N–H and O–H groups in total. The van der Waals surface area contributed by atoms with Crippen LogP contribution in [0.25, 0.3) is 0 Å². The van der Waals surface area contributed by atoms with Gasteiger partial charge in [0.25, 0.3) is 6.43 Å². The van der Waals surface area contributed by atoms with Crippen molar-refractivity contribution in [2.45, 2.75) is 20.3 Å². The molecule has 0 atom stereocenters. The van der Waals surface area contributed by atoms with Gasteiger partial charge in [-0.3, -0.25) is 0 Å². The first-order valence-corrected chi connectivity index (χ1v) is 5.01. The van der Waals surface area contributed by atoms with Crippen LogP contribution >= 0.6 is 0 Å². The van der Waals surface area contributed by atoms with Crippen LogP contribution in [-0.4, -0.2) is 12.6 Å². The number of alkyl halides is 2. The minimum absolute atomic E-state index is 0.0945. The first-order chi connectivity index (χ1) is 8.01. The number of ether oxygens (including phenoxy) is 1. The maximum atomic E-state index is 12.8. The van der Waals surface area contributed by atoms with Gasteiger partial charge in [-0.05, 0) is 31.5 Å². The first-order valence-electron chi connectivity index (χ1n) is 5.01. The third-order valence-corrected chi connectivity index (χ3v) is 2.25. The average Bonchev–Trinajstić information content (AvgIpc) is 2.28. The van der Waals surface area contributed by atoms with E-state index in [2.05, 4.69) is 4.74 Å². The van der Waals surface area contributed by atoms with Gasteiger partial charge in [0.15, 0.2) is 0 Å². The summed E-state index contributed by atoms with van der Waals surface area (Å²) < 4.78 is 30.2. The summed E-state index contributed by atoms with van der Waals surface area (Å²) in [6.07, 6.45) is -2.78. The number of carbonyl (C=O) groups is 1. The quantitative estimate of drug-likeness (QED) is 0.762. The average molecular weight is 239 g/mol. The summed E-state index contributed by atoms with van der Waals surface area (Å²) in [6, 6.07) is 4.14. The Hall–Kier alpha value is -1.96. The van der Waals surface area contributed by atoms with Crippen LogP contribution in [0.1, 0.15) is 40.4 Å². The topological polar surface area (TPSA) is 50.1 Å². The van der Waals surface area contributed by atoms with Gasteiger partial charge in [0.05, 0.1) is 23.8 Å². The molecule has 17 heavy (non-hydrogen) atoms. The van der Waals surface area contributed by atoms with Crippen LogP contribution in [0.5, 0.6) is 0 Å². The van der Waals surface area contributed by atoms with E-state index in [1.54, 1.807) is 13.8 Å². The van der Waals surface area contributed by atoms with E-state index in [4.69, 9.17) is 5.26 Å². The van der Waals surface area contributed by atoms with Gasteiger partial charge in [-0.25, -0.2) is 13.6 Å². The van der Waals surface area contributed by atoms with E-state index in [1.165, 1.54) is 0 Å². The number of hydrogen-bond acceptors (Lipinski definition) is 3. The molecule has 90 valence electrons. The lowest BCUT2D eigenvalue weighted by atomic mass is 10.00. The molecule has 1 rings (SSSR count). The summed E-state index contributed by atoms with van der Waals surface area (Å²) in [5, 5.41) is 8.79. The van der Waals surface area contributed by atoms with E-state index in [9.17, 15) is 13.6 Å². The zero-order chi connectivity index (χ0) is 13.0. The zero-order valence-electron chi connectivity index (χ0n) is 9.46. The van der Waals surface area contributed by atoms with Gasteiger partial charge in [0, 0.05) is 5.56 Å². The molecular formula is C12H11F2NO2. The minimum Gasteiger partial charge on any atom is -0.462 e. The smallest absolute Gasteiger partial charge is 0.338 e. The highest BCUT2D eigenvalue weighted by atomic mass is 19.3. The summed E-state index contributed by atoms with van der Waals surface area (Å²) in [5.74, 6) is -0.834. The molecule has 0 fully saturated rings. The second kappa shape index (κ2) is 5.39. The first kappa shape index (κ1) is 13.1. The Morgan fingerprint density at radius 3 is 2.65 bits per heavy atom. The van der Waals surface area contributed by atoms with Crippen molar-refractivity contribution in [3.05, 3.63) is 34.4 Å². The van der Waals surface area contributed by atoms with Gasteiger partial charge in [0.2, 0.25) is 0 Å². The molecule has 0 aromatic heterocycles. The molecule has 0 bridgehead atoms. The predicted molar refractivity (Wildman–Crippen MR) is 56.8 cm³/mol. The van der Waals surface area contributed by atoms with Crippen molar-refractivity contribution in [3.8, 4) is 6.07 Å². The van der Waals surface area contributed by atoms with Crippen LogP contribution in [0.3, 0.4) is 0 Å². The SMILES string of the molecule is CCOC(=O)c1cc(C#N)c(C)cc1C(F)F. The number of esters is 1. The van der Waals surface area contributed by atoms with E-state index in [0.717, 1.165) is 12.1 Å². The molecule has 3 nitrogen and oxygen atoms in total. The van der Waals surface area contributed by atoms with Crippen molar-refractivity contribution in [1.82, 2.24) is 0 Å². The van der Waals surface area contributed by atoms with E-state index in [1.807, 2.05) is 6.07 Å². The zero-order valence-corrected chi connectivity index (χ0v) is 9.46. The van der Waals surface area contributed by atoms with Crippen LogP contribution in [0.2, 0.25) is 0 Å². The molecule has 0 amide bonds. The Kier molecular flexibility index (Phi) is 4.16. The number of nitrogens with zero attached hydrogens (tertiary/aromatic N) is 1. The number of halogens is 2. The number of benzene rings is 1. The molecular weight excluding hydrogens is 228 g/mol. The number of nitriles is 1. The lowest BCUT2D eigenvalue weighted by molar-refractivity contribution is 0.0515. The molecule has 0 heterocycles. The van der Waals surface area contributed by atoms with Crippen molar-refractivity contribution in [3.63, 3.8) is 0 Å². The molecule has 0 aliphatic heterocycles. The summed E-state index contributed by atoms with van der Waals surface area (Å²) in [5.41, 5.74) is -0.0442. The van der Waals surface area contributed by atoms with Gasteiger partial charge >= 0.3 is 5.97 Å². The molecule has 0 spiro atoms. The van der Waals surface area contributed by atoms with Crippen LogP contribution in [0.4, 0.5) is 8.78 Å². The normalized spacial score (nSPS) is 10.1. The summed E-state index contributed by atoms with van der Waals surface area (Å²) in [6.45, 7) is 3.22. The Bertz CT molecular complexity index is 478. The number of hydrogen-bond donors (Lipinski definition) is 0. The predicted octanol–water partition coefficient (Wildman–Crippen LogP) is 2.98. The van der Waals surface area contributed by atoms with E-state index < -0.39 is 18.0 Å². The Morgan fingerprint density at radius 2 is 2.18 bits per heavy atom. The monoisotopic (exact) mass is 239 g/mol. The van der Waals surface area contributed by atoms with Crippen molar-refractivity contribution >= 4 is 5.97 Å². The van der Waals surface area contributed by atoms with E-state index >= 15 is 0 Å². The maximum Gasteiger partial charge on any atom is 0.338 e. The minimum atomic E-state index is -2.78. The second-order valence-electron chi connectivity index (χ2n) is 3.39. The Morgan fingerprint density at radius 1 is 1.53 bits per heavy atom. The molecule has 0 aliphatic carbocycles. The van der Waals surface area contributed by atoms with E-state index in [-0.39, 0.29) is 17.7 Å². The van der Waals surface area contributed by atoms with Crippen LogP contribution in [0, 0.1) is 18.3 Å². The molecule has 0 unspecified atom stereocenters. The lowest BCUT2D eigenvalue weighted by Crippen LogP contribution is -2.09. The highest BCUT2D eigenvalue weighted by Gasteiger charge is 2.21. The van der Waals surface area contributed by atoms with Gasteiger partial charge in [-0.15, -0.1) is 0 Å². The fourth-order valence-corrected chi connectivity index (χ4v) is 1.42. The molecule has 0 radical (unpaired) electrons. The summed E-state index contributed by atoms with van der Waals surface area (Å²) in [4.78, 5) is 11.5. The summed E-state index contributed by atoms with van der Waals surface area (Å²) in [7, 11) is 0. The van der Waals surface area contributed by atoms with Gasteiger partial charge < -0.3 is 4.74 Å². The molecule has 5 heteroatoms. The van der Waals surface area contributed by atoms with Crippen LogP contribution in [0.15, 0.2) is 12.1 Å². The van der Waals surface area contributed by atoms with Gasteiger partial charge in [-0.2, -0.15) is 5.26 Å². The van der Waals surface area contributed by atoms with Crippen LogP contribution in [-0.2, 0) is 4.74 Å². The summed E-state index contributed by atoms with van der Waals surface area (Å²) >= 11 is 0.